The van der Waals surface area contributed by atoms with Gasteiger partial charge in [-0.3, -0.25) is 4.79 Å². The minimum Gasteiger partial charge on any atom is -0.337 e. The van der Waals surface area contributed by atoms with Gasteiger partial charge in [0.25, 0.3) is 0 Å². The van der Waals surface area contributed by atoms with Crippen LogP contribution in [0.15, 0.2) is 12.2 Å². The summed E-state index contributed by atoms with van der Waals surface area (Å²) in [4.78, 5) is 13.5. The maximum atomic E-state index is 11.6. The molecule has 0 unspecified atom stereocenters. The molecule has 0 atom stereocenters. The molecule has 1 fully saturated rings. The van der Waals surface area contributed by atoms with E-state index in [-0.39, 0.29) is 5.91 Å². The monoisotopic (exact) mass is 166 g/mol. The van der Waals surface area contributed by atoms with E-state index in [1.54, 1.807) is 0 Å². The predicted octanol–water partition coefficient (Wildman–Crippen LogP) is 0.266. The molecule has 2 rings (SSSR count). The zero-order valence-electron chi connectivity index (χ0n) is 7.12. The van der Waals surface area contributed by atoms with Crippen molar-refractivity contribution < 1.29 is 4.79 Å². The molecule has 2 aliphatic rings. The first kappa shape index (κ1) is 7.80. The molecule has 1 heterocycles. The second-order valence-corrected chi connectivity index (χ2v) is 3.67. The van der Waals surface area contributed by atoms with Gasteiger partial charge in [-0.05, 0) is 19.3 Å². The van der Waals surface area contributed by atoms with Crippen LogP contribution in [0.4, 0.5) is 0 Å². The summed E-state index contributed by atoms with van der Waals surface area (Å²) in [5.41, 5.74) is 5.32. The van der Waals surface area contributed by atoms with Gasteiger partial charge in [-0.1, -0.05) is 12.2 Å². The molecule has 3 heteroatoms. The highest BCUT2D eigenvalue weighted by Gasteiger charge is 2.47. The Morgan fingerprint density at radius 3 is 2.67 bits per heavy atom. The van der Waals surface area contributed by atoms with Crippen molar-refractivity contribution in [2.75, 3.05) is 13.1 Å². The molecule has 1 aliphatic heterocycles. The number of hydrogen-bond donors (Lipinski definition) is 1. The lowest BCUT2D eigenvalue weighted by Gasteiger charge is -2.26. The fourth-order valence-corrected chi connectivity index (χ4v) is 1.49. The Kier molecular flexibility index (Phi) is 1.68. The van der Waals surface area contributed by atoms with Crippen molar-refractivity contribution in [2.24, 2.45) is 5.73 Å². The van der Waals surface area contributed by atoms with Crippen molar-refractivity contribution in [3.8, 4) is 0 Å². The van der Waals surface area contributed by atoms with Crippen molar-refractivity contribution in [1.82, 2.24) is 4.90 Å². The summed E-state index contributed by atoms with van der Waals surface area (Å²) in [6, 6.07) is 0. The summed E-state index contributed by atoms with van der Waals surface area (Å²) in [6.07, 6.45) is 6.85. The van der Waals surface area contributed by atoms with Gasteiger partial charge in [0.15, 0.2) is 0 Å². The van der Waals surface area contributed by atoms with Crippen LogP contribution in [0.3, 0.4) is 0 Å². The maximum Gasteiger partial charge on any atom is 0.242 e. The van der Waals surface area contributed by atoms with E-state index < -0.39 is 5.54 Å². The predicted molar refractivity (Wildman–Crippen MR) is 46.5 cm³/mol. The highest BCUT2D eigenvalue weighted by atomic mass is 16.2. The van der Waals surface area contributed by atoms with Crippen LogP contribution < -0.4 is 5.73 Å². The standard InChI is InChI=1S/C9H14N2O/c10-9(4-5-9)8(12)11-6-2-1-3-7-11/h1-2H,3-7,10H2. The highest BCUT2D eigenvalue weighted by Crippen LogP contribution is 2.34. The topological polar surface area (TPSA) is 46.3 Å². The molecule has 2 N–H and O–H groups in total. The van der Waals surface area contributed by atoms with Gasteiger partial charge < -0.3 is 10.6 Å². The summed E-state index contributed by atoms with van der Waals surface area (Å²) in [7, 11) is 0. The molecule has 1 saturated carbocycles. The average Bonchev–Trinajstić information content (AvgIpc) is 2.85. The molecule has 3 nitrogen and oxygen atoms in total. The zero-order valence-corrected chi connectivity index (χ0v) is 7.12. The largest absolute Gasteiger partial charge is 0.337 e. The van der Waals surface area contributed by atoms with E-state index in [0.717, 1.165) is 32.4 Å². The SMILES string of the molecule is NC1(C(=O)N2CC=CCC2)CC1. The Morgan fingerprint density at radius 1 is 1.42 bits per heavy atom. The number of carbonyl (C=O) groups excluding carboxylic acids is 1. The quantitative estimate of drug-likeness (QED) is 0.568. The van der Waals surface area contributed by atoms with E-state index in [9.17, 15) is 4.79 Å². The third kappa shape index (κ3) is 1.25. The van der Waals surface area contributed by atoms with E-state index in [0.29, 0.717) is 0 Å². The van der Waals surface area contributed by atoms with Gasteiger partial charge >= 0.3 is 0 Å². The molecular weight excluding hydrogens is 152 g/mol. The van der Waals surface area contributed by atoms with Crippen LogP contribution in [0.5, 0.6) is 0 Å². The number of rotatable bonds is 1. The van der Waals surface area contributed by atoms with Crippen LogP contribution in [-0.2, 0) is 4.79 Å². The Morgan fingerprint density at radius 2 is 2.17 bits per heavy atom. The van der Waals surface area contributed by atoms with Crippen LogP contribution in [0.1, 0.15) is 19.3 Å². The van der Waals surface area contributed by atoms with Crippen molar-refractivity contribution in [1.29, 1.82) is 0 Å². The number of carbonyl (C=O) groups is 1. The van der Waals surface area contributed by atoms with Crippen LogP contribution >= 0.6 is 0 Å². The molecule has 0 aromatic carbocycles. The van der Waals surface area contributed by atoms with Crippen molar-refractivity contribution in [3.63, 3.8) is 0 Å². The summed E-state index contributed by atoms with van der Waals surface area (Å²) in [6.45, 7) is 1.59. The lowest BCUT2D eigenvalue weighted by molar-refractivity contribution is -0.133. The van der Waals surface area contributed by atoms with E-state index in [1.807, 2.05) is 11.0 Å². The summed E-state index contributed by atoms with van der Waals surface area (Å²) >= 11 is 0. The van der Waals surface area contributed by atoms with Crippen molar-refractivity contribution >= 4 is 5.91 Å². The van der Waals surface area contributed by atoms with Crippen molar-refractivity contribution in [3.05, 3.63) is 12.2 Å². The minimum absolute atomic E-state index is 0.145. The average molecular weight is 166 g/mol. The first-order chi connectivity index (χ1) is 5.72. The van der Waals surface area contributed by atoms with Gasteiger partial charge in [0.05, 0.1) is 5.54 Å². The molecule has 0 spiro atoms. The summed E-state index contributed by atoms with van der Waals surface area (Å²) in [5, 5.41) is 0. The van der Waals surface area contributed by atoms with Crippen LogP contribution in [0, 0.1) is 0 Å². The van der Waals surface area contributed by atoms with Gasteiger partial charge in [-0.15, -0.1) is 0 Å². The Bertz CT molecular complexity index is 231. The van der Waals surface area contributed by atoms with Gasteiger partial charge in [0.1, 0.15) is 0 Å². The number of nitrogens with zero attached hydrogens (tertiary/aromatic N) is 1. The smallest absolute Gasteiger partial charge is 0.242 e. The zero-order chi connectivity index (χ0) is 8.60. The second-order valence-electron chi connectivity index (χ2n) is 3.67. The van der Waals surface area contributed by atoms with E-state index in [4.69, 9.17) is 5.73 Å². The molecule has 1 amide bonds. The number of nitrogens with two attached hydrogens (primary N) is 1. The number of amides is 1. The lowest BCUT2D eigenvalue weighted by Crippen LogP contribution is -2.46. The molecule has 0 aromatic rings. The Balaban J connectivity index is 2.00. The molecule has 1 aliphatic carbocycles. The lowest BCUT2D eigenvalue weighted by atomic mass is 10.2. The number of hydrogen-bond acceptors (Lipinski definition) is 2. The fourth-order valence-electron chi connectivity index (χ4n) is 1.49. The van der Waals surface area contributed by atoms with Gasteiger partial charge in [0.2, 0.25) is 5.91 Å². The van der Waals surface area contributed by atoms with Gasteiger partial charge in [-0.25, -0.2) is 0 Å². The van der Waals surface area contributed by atoms with E-state index in [2.05, 4.69) is 6.08 Å². The second kappa shape index (κ2) is 2.59. The molecule has 0 saturated heterocycles. The molecule has 0 bridgehead atoms. The molecular formula is C9H14N2O. The molecule has 12 heavy (non-hydrogen) atoms. The van der Waals surface area contributed by atoms with E-state index in [1.165, 1.54) is 0 Å². The highest BCUT2D eigenvalue weighted by molar-refractivity contribution is 5.89. The van der Waals surface area contributed by atoms with Crippen LogP contribution in [0.2, 0.25) is 0 Å². The first-order valence-electron chi connectivity index (χ1n) is 4.46. The van der Waals surface area contributed by atoms with E-state index >= 15 is 0 Å². The third-order valence-electron chi connectivity index (χ3n) is 2.56. The van der Waals surface area contributed by atoms with Gasteiger partial charge in [0, 0.05) is 13.1 Å². The molecule has 0 radical (unpaired) electrons. The first-order valence-corrected chi connectivity index (χ1v) is 4.46. The Labute approximate surface area is 72.2 Å². The van der Waals surface area contributed by atoms with Crippen LogP contribution in [-0.4, -0.2) is 29.4 Å². The normalized spacial score (nSPS) is 25.6. The molecule has 66 valence electrons. The van der Waals surface area contributed by atoms with Crippen molar-refractivity contribution in [2.45, 2.75) is 24.8 Å². The fraction of sp³-hybridized carbons (Fsp3) is 0.667. The summed E-state index contributed by atoms with van der Waals surface area (Å²) in [5.74, 6) is 0.145. The Hall–Kier alpha value is -0.830. The maximum absolute atomic E-state index is 11.6. The molecule has 0 aromatic heterocycles. The summed E-state index contributed by atoms with van der Waals surface area (Å²) < 4.78 is 0. The third-order valence-corrected chi connectivity index (χ3v) is 2.56. The van der Waals surface area contributed by atoms with Gasteiger partial charge in [-0.2, -0.15) is 0 Å². The minimum atomic E-state index is -0.481. The van der Waals surface area contributed by atoms with Crippen LogP contribution in [0.25, 0.3) is 0 Å².